The normalized spacial score (nSPS) is 23.5. The molecule has 35 heavy (non-hydrogen) atoms. The second-order valence-corrected chi connectivity index (χ2v) is 10.5. The van der Waals surface area contributed by atoms with Gasteiger partial charge in [0.05, 0.1) is 12.6 Å². The Morgan fingerprint density at radius 2 is 2.03 bits per heavy atom. The van der Waals surface area contributed by atoms with E-state index in [1.807, 2.05) is 30.3 Å². The molecule has 1 unspecified atom stereocenters. The second-order valence-electron chi connectivity index (χ2n) is 10.5. The van der Waals surface area contributed by atoms with Crippen LogP contribution in [0.5, 0.6) is 0 Å². The number of benzene rings is 1. The summed E-state index contributed by atoms with van der Waals surface area (Å²) in [4.78, 5) is 33.2. The summed E-state index contributed by atoms with van der Waals surface area (Å²) >= 11 is 0. The highest BCUT2D eigenvalue weighted by Gasteiger charge is 2.64. The van der Waals surface area contributed by atoms with Crippen molar-refractivity contribution in [2.45, 2.75) is 70.4 Å². The number of nitrogens with one attached hydrogen (secondary N) is 1. The van der Waals surface area contributed by atoms with Gasteiger partial charge in [-0.15, -0.1) is 10.2 Å². The van der Waals surface area contributed by atoms with Gasteiger partial charge in [0.25, 0.3) is 0 Å². The molecule has 0 radical (unpaired) electrons. The lowest BCUT2D eigenvalue weighted by molar-refractivity contribution is -0.153. The number of carbonyl (C=O) groups excluding carboxylic acids is 2. The number of hydrogen-bond acceptors (Lipinski definition) is 8. The molecule has 2 N–H and O–H groups in total. The predicted molar refractivity (Wildman–Crippen MR) is 121 cm³/mol. The average molecular weight is 486 g/mol. The lowest BCUT2D eigenvalue weighted by Gasteiger charge is -2.35. The van der Waals surface area contributed by atoms with Crippen molar-refractivity contribution in [2.24, 2.45) is 5.41 Å². The molecule has 188 valence electrons. The molecule has 2 saturated heterocycles. The molecule has 1 aliphatic carbocycles. The van der Waals surface area contributed by atoms with Crippen molar-refractivity contribution in [3.63, 3.8) is 0 Å². The van der Waals surface area contributed by atoms with Gasteiger partial charge in [-0.05, 0) is 51.0 Å². The molecule has 3 atom stereocenters. The van der Waals surface area contributed by atoms with Gasteiger partial charge in [-0.25, -0.2) is 9.59 Å². The Balaban J connectivity index is 1.30. The smallest absolute Gasteiger partial charge is 0.408 e. The van der Waals surface area contributed by atoms with E-state index in [-0.39, 0.29) is 29.3 Å². The van der Waals surface area contributed by atoms with Crippen molar-refractivity contribution in [2.75, 3.05) is 13.2 Å². The van der Waals surface area contributed by atoms with Crippen LogP contribution in [0.15, 0.2) is 34.7 Å². The topological polar surface area (TPSA) is 130 Å². The number of rotatable bonds is 7. The molecular formula is C24H31N5O6. The third-order valence-electron chi connectivity index (χ3n) is 6.79. The van der Waals surface area contributed by atoms with E-state index in [2.05, 4.69) is 15.5 Å². The van der Waals surface area contributed by atoms with Crippen LogP contribution in [-0.2, 0) is 16.2 Å². The lowest BCUT2D eigenvalue weighted by Crippen LogP contribution is -2.42. The van der Waals surface area contributed by atoms with Crippen LogP contribution in [0.2, 0.25) is 0 Å². The van der Waals surface area contributed by atoms with Crippen LogP contribution in [0.1, 0.15) is 69.5 Å². The highest BCUT2D eigenvalue weighted by molar-refractivity contribution is 5.77. The summed E-state index contributed by atoms with van der Waals surface area (Å²) in [5, 5.41) is 22.1. The SMILES string of the molecule is CC(C)(C)OC(=O)NC(CO)c1nnc([C@@H]2CC3(CC3)[C@H]3CN2C(=O)N3OCc2ccccc2)o1. The molecular weight excluding hydrogens is 454 g/mol. The molecule has 11 heteroatoms. The predicted octanol–water partition coefficient (Wildman–Crippen LogP) is 3.09. The standard InChI is InChI=1S/C24H31N5O6/c1-23(2,3)35-21(31)25-16(13-30)19-26-27-20(34-19)17-11-24(9-10-24)18-12-28(17)22(32)29(18)33-14-15-7-5-4-6-8-15/h4-8,16-18,30H,9-14H2,1-3H3,(H,25,31)/t16?,17-,18+/m0/s1. The van der Waals surface area contributed by atoms with E-state index in [0.29, 0.717) is 19.6 Å². The van der Waals surface area contributed by atoms with Crippen LogP contribution in [-0.4, -0.2) is 62.2 Å². The Morgan fingerprint density at radius 3 is 2.69 bits per heavy atom. The number of carbonyl (C=O) groups is 2. The quantitative estimate of drug-likeness (QED) is 0.612. The largest absolute Gasteiger partial charge is 0.444 e. The summed E-state index contributed by atoms with van der Waals surface area (Å²) < 4.78 is 11.1. The first-order valence-electron chi connectivity index (χ1n) is 11.9. The fourth-order valence-corrected chi connectivity index (χ4v) is 4.87. The highest BCUT2D eigenvalue weighted by atomic mass is 16.7. The number of aliphatic hydroxyl groups excluding tert-OH is 1. The highest BCUT2D eigenvalue weighted by Crippen LogP contribution is 2.61. The molecule has 2 bridgehead atoms. The third-order valence-corrected chi connectivity index (χ3v) is 6.79. The van der Waals surface area contributed by atoms with Crippen molar-refractivity contribution in [1.82, 2.24) is 25.5 Å². The van der Waals surface area contributed by atoms with Gasteiger partial charge >= 0.3 is 12.1 Å². The maximum Gasteiger partial charge on any atom is 0.408 e. The summed E-state index contributed by atoms with van der Waals surface area (Å²) in [6, 6.07) is 8.20. The minimum atomic E-state index is -0.919. The number of urea groups is 1. The lowest BCUT2D eigenvalue weighted by atomic mass is 9.85. The van der Waals surface area contributed by atoms with E-state index >= 15 is 0 Å². The van der Waals surface area contributed by atoms with Gasteiger partial charge in [0.2, 0.25) is 11.8 Å². The molecule has 3 aliphatic rings. The van der Waals surface area contributed by atoms with Gasteiger partial charge in [-0.1, -0.05) is 30.3 Å². The van der Waals surface area contributed by atoms with E-state index in [9.17, 15) is 14.7 Å². The Hall–Kier alpha value is -3.18. The number of fused-ring (bicyclic) bond motifs is 3. The molecule has 3 fully saturated rings. The summed E-state index contributed by atoms with van der Waals surface area (Å²) in [6.45, 7) is 5.63. The summed E-state index contributed by atoms with van der Waals surface area (Å²) in [6.07, 6.45) is 2.00. The Labute approximate surface area is 203 Å². The monoisotopic (exact) mass is 485 g/mol. The molecule has 1 spiro atoms. The molecule has 1 saturated carbocycles. The van der Waals surface area contributed by atoms with Crippen LogP contribution >= 0.6 is 0 Å². The van der Waals surface area contributed by atoms with E-state index in [0.717, 1.165) is 18.4 Å². The molecule has 2 aliphatic heterocycles. The number of alkyl carbamates (subject to hydrolysis) is 1. The van der Waals surface area contributed by atoms with Gasteiger partial charge < -0.3 is 24.5 Å². The van der Waals surface area contributed by atoms with Gasteiger partial charge in [0.1, 0.15) is 24.3 Å². The van der Waals surface area contributed by atoms with Crippen LogP contribution in [0.25, 0.3) is 0 Å². The first-order valence-corrected chi connectivity index (χ1v) is 11.9. The van der Waals surface area contributed by atoms with Crippen molar-refractivity contribution in [3.05, 3.63) is 47.7 Å². The average Bonchev–Trinajstić information content (AvgIpc) is 3.29. The zero-order chi connectivity index (χ0) is 24.8. The second kappa shape index (κ2) is 8.80. The number of ether oxygens (including phenoxy) is 1. The van der Waals surface area contributed by atoms with Gasteiger partial charge in [0, 0.05) is 6.54 Å². The van der Waals surface area contributed by atoms with Crippen molar-refractivity contribution in [3.8, 4) is 0 Å². The number of amides is 3. The first-order chi connectivity index (χ1) is 16.7. The zero-order valence-electron chi connectivity index (χ0n) is 20.1. The van der Waals surface area contributed by atoms with E-state index in [4.69, 9.17) is 14.0 Å². The molecule has 1 aromatic carbocycles. The number of piperidine rings is 1. The van der Waals surface area contributed by atoms with Crippen LogP contribution in [0.4, 0.5) is 9.59 Å². The van der Waals surface area contributed by atoms with Crippen molar-refractivity contribution < 1.29 is 28.7 Å². The van der Waals surface area contributed by atoms with Crippen LogP contribution in [0.3, 0.4) is 0 Å². The van der Waals surface area contributed by atoms with Gasteiger partial charge in [0.15, 0.2) is 0 Å². The molecule has 3 amide bonds. The minimum absolute atomic E-state index is 0.0172. The zero-order valence-corrected chi connectivity index (χ0v) is 20.1. The van der Waals surface area contributed by atoms with Gasteiger partial charge in [-0.2, -0.15) is 5.06 Å². The summed E-state index contributed by atoms with van der Waals surface area (Å²) in [7, 11) is 0. The minimum Gasteiger partial charge on any atom is -0.444 e. The third kappa shape index (κ3) is 4.70. The Kier molecular flexibility index (Phi) is 5.92. The fourth-order valence-electron chi connectivity index (χ4n) is 4.87. The number of aromatic nitrogens is 2. The van der Waals surface area contributed by atoms with Crippen LogP contribution < -0.4 is 5.32 Å². The molecule has 2 aromatic rings. The molecule has 1 aromatic heterocycles. The van der Waals surface area contributed by atoms with Crippen LogP contribution in [0, 0.1) is 5.41 Å². The summed E-state index contributed by atoms with van der Waals surface area (Å²) in [5.41, 5.74) is 0.266. The van der Waals surface area contributed by atoms with Gasteiger partial charge in [-0.3, -0.25) is 4.84 Å². The van der Waals surface area contributed by atoms with E-state index in [1.54, 1.807) is 25.7 Å². The maximum absolute atomic E-state index is 13.3. The van der Waals surface area contributed by atoms with E-state index in [1.165, 1.54) is 5.06 Å². The molecule has 11 nitrogen and oxygen atoms in total. The fraction of sp³-hybridized carbons (Fsp3) is 0.583. The van der Waals surface area contributed by atoms with Crippen molar-refractivity contribution in [1.29, 1.82) is 0 Å². The number of nitrogens with zero attached hydrogens (tertiary/aromatic N) is 4. The Morgan fingerprint density at radius 1 is 1.29 bits per heavy atom. The number of aliphatic hydroxyl groups is 1. The number of hydroxylamine groups is 2. The molecule has 3 heterocycles. The summed E-state index contributed by atoms with van der Waals surface area (Å²) in [5.74, 6) is 0.344. The Bertz CT molecular complexity index is 1080. The molecule has 5 rings (SSSR count). The maximum atomic E-state index is 13.3. The first kappa shape index (κ1) is 23.6. The number of hydrogen-bond donors (Lipinski definition) is 2. The van der Waals surface area contributed by atoms with E-state index < -0.39 is 30.4 Å². The van der Waals surface area contributed by atoms with Crippen molar-refractivity contribution >= 4 is 12.1 Å².